The number of rotatable bonds is 9. The first kappa shape index (κ1) is 36.0. The van der Waals surface area contributed by atoms with Gasteiger partial charge in [0.05, 0.1) is 22.9 Å². The molecule has 0 saturated carbocycles. The smallest absolute Gasteiger partial charge is 0.417 e. The van der Waals surface area contributed by atoms with Crippen LogP contribution in [0.1, 0.15) is 75.4 Å². The molecule has 2 aromatic carbocycles. The zero-order valence-corrected chi connectivity index (χ0v) is 28.3. The van der Waals surface area contributed by atoms with Crippen molar-refractivity contribution in [2.24, 2.45) is 5.92 Å². The fraction of sp³-hybridized carbons (Fsp3) is 0.571. The molecule has 258 valence electrons. The Morgan fingerprint density at radius 1 is 1.09 bits per heavy atom. The molecule has 0 aliphatic carbocycles. The van der Waals surface area contributed by atoms with Gasteiger partial charge in [-0.1, -0.05) is 30.3 Å². The number of piperidine rings is 1. The van der Waals surface area contributed by atoms with Crippen LogP contribution in [0.2, 0.25) is 0 Å². The highest BCUT2D eigenvalue weighted by molar-refractivity contribution is 6.05. The number of unbranched alkanes of at least 4 members (excludes halogenated alkanes) is 1. The highest BCUT2D eigenvalue weighted by Crippen LogP contribution is 2.44. The third-order valence-electron chi connectivity index (χ3n) is 8.56. The first-order valence-corrected chi connectivity index (χ1v) is 16.0. The Hall–Kier alpha value is -3.80. The van der Waals surface area contributed by atoms with Gasteiger partial charge in [0, 0.05) is 40.4 Å². The average molecular weight is 662 g/mol. The maximum atomic E-state index is 14.6. The molecular weight excluding hydrogens is 615 g/mol. The summed E-state index contributed by atoms with van der Waals surface area (Å²) in [5.74, 6) is -1.56. The van der Waals surface area contributed by atoms with E-state index in [9.17, 15) is 27.6 Å². The molecule has 1 unspecified atom stereocenters. The predicted octanol–water partition coefficient (Wildman–Crippen LogP) is 6.58. The van der Waals surface area contributed by atoms with Gasteiger partial charge in [0.1, 0.15) is 11.4 Å². The Labute approximate surface area is 274 Å². The van der Waals surface area contributed by atoms with Gasteiger partial charge in [-0.3, -0.25) is 9.59 Å². The first-order chi connectivity index (χ1) is 21.9. The van der Waals surface area contributed by atoms with E-state index < -0.39 is 52.5 Å². The molecule has 2 atom stereocenters. The van der Waals surface area contributed by atoms with E-state index in [-0.39, 0.29) is 30.4 Å². The second-order valence-corrected chi connectivity index (χ2v) is 13.8. The van der Waals surface area contributed by atoms with Crippen LogP contribution < -0.4 is 9.64 Å². The predicted molar refractivity (Wildman–Crippen MR) is 172 cm³/mol. The van der Waals surface area contributed by atoms with Crippen LogP contribution in [0, 0.1) is 5.92 Å². The number of anilines is 1. The van der Waals surface area contributed by atoms with E-state index in [0.29, 0.717) is 38.8 Å². The standard InChI is InChI=1S/C35H46F3N3O6/c1-33(2,3)47-32(44)40-17-15-24(19-23-13-9-8-10-14-23)28(22-40)39(6)30(42)25-20-27-29(21-26(25)35(36,37)38)46-34(4,5)31(43)41(27)16-11-12-18-45-7/h8-10,13-14,20-21,24,28H,11-12,15-19,22H2,1-7H3/t24-,28?/m1/s1. The number of fused-ring (bicyclic) bond motifs is 1. The Balaban J connectivity index is 1.74. The van der Waals surface area contributed by atoms with E-state index in [2.05, 4.69) is 0 Å². The van der Waals surface area contributed by atoms with Gasteiger partial charge < -0.3 is 28.9 Å². The SMILES string of the molecule is COCCCCN1C(=O)C(C)(C)Oc2cc(C(F)(F)F)c(C(=O)N(C)C3CN(C(=O)OC(C)(C)C)CC[C@@H]3Cc3ccccc3)cc21. The minimum atomic E-state index is -4.89. The van der Waals surface area contributed by atoms with Crippen molar-refractivity contribution in [3.05, 3.63) is 59.2 Å². The number of likely N-dealkylation sites (N-methyl/N-ethyl adjacent to an activating group) is 1. The molecule has 2 heterocycles. The molecular formula is C35H46F3N3O6. The number of nitrogens with zero attached hydrogens (tertiary/aromatic N) is 3. The summed E-state index contributed by atoms with van der Waals surface area (Å²) >= 11 is 0. The van der Waals surface area contributed by atoms with Crippen molar-refractivity contribution in [2.75, 3.05) is 45.3 Å². The number of hydrogen-bond acceptors (Lipinski definition) is 6. The Morgan fingerprint density at radius 3 is 2.38 bits per heavy atom. The van der Waals surface area contributed by atoms with E-state index in [4.69, 9.17) is 14.2 Å². The van der Waals surface area contributed by atoms with Crippen LogP contribution in [0.4, 0.5) is 23.7 Å². The van der Waals surface area contributed by atoms with Crippen LogP contribution in [0.25, 0.3) is 0 Å². The van der Waals surface area contributed by atoms with Gasteiger partial charge in [-0.2, -0.15) is 13.2 Å². The van der Waals surface area contributed by atoms with Crippen molar-refractivity contribution < 1.29 is 41.8 Å². The van der Waals surface area contributed by atoms with Gasteiger partial charge in [-0.05, 0) is 83.9 Å². The maximum absolute atomic E-state index is 14.6. The minimum Gasteiger partial charge on any atom is -0.476 e. The van der Waals surface area contributed by atoms with Crippen molar-refractivity contribution in [3.63, 3.8) is 0 Å². The summed E-state index contributed by atoms with van der Waals surface area (Å²) in [6, 6.07) is 11.0. The van der Waals surface area contributed by atoms with E-state index >= 15 is 0 Å². The number of likely N-dealkylation sites (tertiary alicyclic amines) is 1. The lowest BCUT2D eigenvalue weighted by Crippen LogP contribution is -2.56. The highest BCUT2D eigenvalue weighted by Gasteiger charge is 2.45. The number of carbonyl (C=O) groups excluding carboxylic acids is 3. The summed E-state index contributed by atoms with van der Waals surface area (Å²) in [5.41, 5.74) is -2.78. The van der Waals surface area contributed by atoms with Gasteiger partial charge in [0.2, 0.25) is 0 Å². The lowest BCUT2D eigenvalue weighted by molar-refractivity contribution is -0.138. The number of methoxy groups -OCH3 is 1. The third kappa shape index (κ3) is 8.57. The van der Waals surface area contributed by atoms with Crippen LogP contribution >= 0.6 is 0 Å². The summed E-state index contributed by atoms with van der Waals surface area (Å²) in [7, 11) is 3.03. The summed E-state index contributed by atoms with van der Waals surface area (Å²) in [6.45, 7) is 9.42. The van der Waals surface area contributed by atoms with Crippen LogP contribution in [-0.4, -0.2) is 85.3 Å². The van der Waals surface area contributed by atoms with E-state index in [1.165, 1.54) is 35.6 Å². The molecule has 0 radical (unpaired) electrons. The number of hydrogen-bond donors (Lipinski definition) is 0. The molecule has 12 heteroatoms. The lowest BCUT2D eigenvalue weighted by Gasteiger charge is -2.43. The maximum Gasteiger partial charge on any atom is 0.417 e. The Morgan fingerprint density at radius 2 is 1.77 bits per heavy atom. The molecule has 1 fully saturated rings. The molecule has 0 aromatic heterocycles. The number of alkyl halides is 3. The minimum absolute atomic E-state index is 0.0857. The number of amides is 3. The van der Waals surface area contributed by atoms with E-state index in [1.807, 2.05) is 30.3 Å². The van der Waals surface area contributed by atoms with Gasteiger partial charge in [-0.25, -0.2) is 4.79 Å². The summed E-state index contributed by atoms with van der Waals surface area (Å²) in [4.78, 5) is 45.0. The fourth-order valence-electron chi connectivity index (χ4n) is 6.17. The van der Waals surface area contributed by atoms with Crippen LogP contribution in [0.3, 0.4) is 0 Å². The highest BCUT2D eigenvalue weighted by atomic mass is 19.4. The lowest BCUT2D eigenvalue weighted by atomic mass is 9.85. The molecule has 0 bridgehead atoms. The molecule has 9 nitrogen and oxygen atoms in total. The molecule has 2 aliphatic heterocycles. The van der Waals surface area contributed by atoms with E-state index in [0.717, 1.165) is 17.7 Å². The van der Waals surface area contributed by atoms with Crippen molar-refractivity contribution in [3.8, 4) is 5.75 Å². The topological polar surface area (TPSA) is 88.6 Å². The van der Waals surface area contributed by atoms with Gasteiger partial charge in [0.25, 0.3) is 11.8 Å². The molecule has 47 heavy (non-hydrogen) atoms. The van der Waals surface area contributed by atoms with Crippen molar-refractivity contribution in [1.29, 1.82) is 0 Å². The average Bonchev–Trinajstić information content (AvgIpc) is 2.99. The number of benzene rings is 2. The van der Waals surface area contributed by atoms with Crippen molar-refractivity contribution >= 4 is 23.6 Å². The zero-order valence-electron chi connectivity index (χ0n) is 28.3. The van der Waals surface area contributed by atoms with Crippen LogP contribution in [0.5, 0.6) is 5.75 Å². The summed E-state index contributed by atoms with van der Waals surface area (Å²) < 4.78 is 60.4. The van der Waals surface area contributed by atoms with Crippen LogP contribution in [-0.2, 0) is 26.9 Å². The number of carbonyl (C=O) groups is 3. The Kier molecular flexibility index (Phi) is 10.8. The molecule has 2 aliphatic rings. The van der Waals surface area contributed by atoms with Gasteiger partial charge in [0.15, 0.2) is 5.60 Å². The molecule has 2 aromatic rings. The molecule has 0 N–H and O–H groups in total. The molecule has 1 saturated heterocycles. The molecule has 3 amide bonds. The van der Waals surface area contributed by atoms with Gasteiger partial charge >= 0.3 is 12.3 Å². The quantitative estimate of drug-likeness (QED) is 0.283. The summed E-state index contributed by atoms with van der Waals surface area (Å²) in [6.07, 6.45) is -3.20. The third-order valence-corrected chi connectivity index (χ3v) is 8.56. The Bertz CT molecular complexity index is 1440. The summed E-state index contributed by atoms with van der Waals surface area (Å²) in [5, 5.41) is 0. The van der Waals surface area contributed by atoms with Crippen molar-refractivity contribution in [1.82, 2.24) is 9.80 Å². The molecule has 0 spiro atoms. The fourth-order valence-corrected chi connectivity index (χ4v) is 6.17. The first-order valence-electron chi connectivity index (χ1n) is 16.0. The van der Waals surface area contributed by atoms with Crippen molar-refractivity contribution in [2.45, 2.75) is 83.7 Å². The normalized spacial score (nSPS) is 19.6. The molecule has 4 rings (SSSR count). The number of ether oxygens (including phenoxy) is 3. The van der Waals surface area contributed by atoms with Gasteiger partial charge in [-0.15, -0.1) is 0 Å². The second kappa shape index (κ2) is 14.1. The van der Waals surface area contributed by atoms with Crippen LogP contribution in [0.15, 0.2) is 42.5 Å². The number of halogens is 3. The van der Waals surface area contributed by atoms with E-state index in [1.54, 1.807) is 27.9 Å². The largest absolute Gasteiger partial charge is 0.476 e. The second-order valence-electron chi connectivity index (χ2n) is 13.8. The zero-order chi connectivity index (χ0) is 34.7. The monoisotopic (exact) mass is 661 g/mol.